The Hall–Kier alpha value is -1.23. The third kappa shape index (κ3) is 8.40. The van der Waals surface area contributed by atoms with Gasteiger partial charge in [0, 0.05) is 0 Å². The van der Waals surface area contributed by atoms with E-state index in [0.29, 0.717) is 24.6 Å². The van der Waals surface area contributed by atoms with Gasteiger partial charge in [-0.3, -0.25) is 0 Å². The van der Waals surface area contributed by atoms with Gasteiger partial charge in [0.2, 0.25) is 0 Å². The maximum atomic E-state index is 14.5. The zero-order chi connectivity index (χ0) is 26.5. The number of halogens is 5. The van der Waals surface area contributed by atoms with Crippen molar-refractivity contribution in [3.8, 4) is 0 Å². The van der Waals surface area contributed by atoms with Crippen molar-refractivity contribution < 1.29 is 31.3 Å². The molecule has 1 rings (SSSR count). The summed E-state index contributed by atoms with van der Waals surface area (Å²) in [5, 5.41) is 0. The van der Waals surface area contributed by atoms with Crippen LogP contribution in [0.1, 0.15) is 115 Å². The van der Waals surface area contributed by atoms with Gasteiger partial charge in [0.25, 0.3) is 0 Å². The second-order valence-corrected chi connectivity index (χ2v) is 15.6. The van der Waals surface area contributed by atoms with E-state index in [1.54, 1.807) is 0 Å². The Morgan fingerprint density at radius 1 is 0.543 bits per heavy atom. The fraction of sp³-hybridized carbons (Fsp3) is 0.741. The van der Waals surface area contributed by atoms with Gasteiger partial charge in [0.1, 0.15) is 0 Å². The molecule has 0 saturated heterocycles. The van der Waals surface area contributed by atoms with Crippen molar-refractivity contribution in [1.82, 2.24) is 0 Å². The number of benzene rings is 1. The molecule has 0 aliphatic carbocycles. The molecule has 0 radical (unpaired) electrons. The van der Waals surface area contributed by atoms with Gasteiger partial charge in [-0.25, -0.2) is 0 Å². The molecule has 1 aromatic carbocycles. The van der Waals surface area contributed by atoms with Gasteiger partial charge >= 0.3 is 208 Å². The zero-order valence-electron chi connectivity index (χ0n) is 22.0. The molecule has 0 heterocycles. The summed E-state index contributed by atoms with van der Waals surface area (Å²) < 4.78 is 76.6. The molecule has 8 heteroatoms. The molecule has 0 spiro atoms. The summed E-state index contributed by atoms with van der Waals surface area (Å²) in [6.45, 7) is 4.89. The number of hydrogen-bond donors (Lipinski definition) is 0. The van der Waals surface area contributed by atoms with Crippen LogP contribution in [0.5, 0.6) is 0 Å². The summed E-state index contributed by atoms with van der Waals surface area (Å²) in [5.74, 6) is -12.2. The van der Waals surface area contributed by atoms with Crippen molar-refractivity contribution in [2.24, 2.45) is 0 Å². The number of carbonyl (C=O) groups is 1. The molecule has 0 aliphatic rings. The predicted octanol–water partition coefficient (Wildman–Crippen LogP) is 9.77. The van der Waals surface area contributed by atoms with Crippen molar-refractivity contribution in [2.75, 3.05) is 24.6 Å². The molecule has 1 aromatic rings. The van der Waals surface area contributed by atoms with Gasteiger partial charge in [-0.2, -0.15) is 0 Å². The summed E-state index contributed by atoms with van der Waals surface area (Å²) >= 11 is 0. The van der Waals surface area contributed by atoms with Gasteiger partial charge in [-0.1, -0.05) is 0 Å². The Balaban J connectivity index is 3.50. The van der Waals surface area contributed by atoms with E-state index < -0.39 is 47.4 Å². The first-order valence-electron chi connectivity index (χ1n) is 13.4. The van der Waals surface area contributed by atoms with E-state index in [-0.39, 0.29) is 0 Å². The Morgan fingerprint density at radius 3 is 1.31 bits per heavy atom. The second-order valence-electron chi connectivity index (χ2n) is 9.90. The van der Waals surface area contributed by atoms with Crippen molar-refractivity contribution in [3.05, 3.63) is 34.6 Å². The molecule has 0 unspecified atom stereocenters. The summed E-state index contributed by atoms with van der Waals surface area (Å²) in [6, 6.07) is 0. The van der Waals surface area contributed by atoms with E-state index >= 15 is 0 Å². The predicted molar refractivity (Wildman–Crippen MR) is 136 cm³/mol. The van der Waals surface area contributed by atoms with Gasteiger partial charge in [0.15, 0.2) is 0 Å². The fourth-order valence-electron chi connectivity index (χ4n) is 4.88. The Labute approximate surface area is 208 Å². The summed E-state index contributed by atoms with van der Waals surface area (Å²) in [4.78, 5) is 13.3. The Kier molecular flexibility index (Phi) is 13.7. The van der Waals surface area contributed by atoms with E-state index in [0.717, 1.165) is 77.0 Å². The van der Waals surface area contributed by atoms with Crippen LogP contribution in [0.25, 0.3) is 0 Å². The standard InChI is InChI=1S/C27H44F5O2P/c1-5-9-13-14-15-16-20-35(17-10-6-2,18-11-7-3,19-12-8-4)34-27(33)21-22(28)24(30)26(32)25(31)23(21)29/h5-20H2,1-4H3. The monoisotopic (exact) mass is 526 g/mol. The maximum absolute atomic E-state index is 14.5. The van der Waals surface area contributed by atoms with E-state index in [1.165, 1.54) is 0 Å². The van der Waals surface area contributed by atoms with Crippen LogP contribution in [-0.2, 0) is 4.52 Å². The number of rotatable bonds is 18. The first-order chi connectivity index (χ1) is 16.6. The molecule has 0 aliphatic heterocycles. The summed E-state index contributed by atoms with van der Waals surface area (Å²) in [7, 11) is 0. The number of carbonyl (C=O) groups excluding carboxylic acids is 1. The Morgan fingerprint density at radius 2 is 0.886 bits per heavy atom. The van der Waals surface area contributed by atoms with Crippen molar-refractivity contribution in [3.63, 3.8) is 0 Å². The molecular weight excluding hydrogens is 482 g/mol. The molecule has 0 fully saturated rings. The topological polar surface area (TPSA) is 26.3 Å². The molecule has 0 saturated carbocycles. The van der Waals surface area contributed by atoms with Crippen LogP contribution >= 0.6 is 6.83 Å². The van der Waals surface area contributed by atoms with Crippen molar-refractivity contribution in [1.29, 1.82) is 0 Å². The van der Waals surface area contributed by atoms with Crippen LogP contribution < -0.4 is 0 Å². The molecule has 0 atom stereocenters. The average molecular weight is 527 g/mol. The number of unbranched alkanes of at least 4 members (excludes halogenated alkanes) is 8. The zero-order valence-corrected chi connectivity index (χ0v) is 22.9. The van der Waals surface area contributed by atoms with Crippen LogP contribution in [0.2, 0.25) is 0 Å². The molecule has 35 heavy (non-hydrogen) atoms. The SMILES string of the molecule is CCCCCCCCP(CCCC)(CCCC)(CCCC)OC(=O)c1c(F)c(F)c(F)c(F)c1F. The molecular formula is C27H44F5O2P. The molecule has 0 N–H and O–H groups in total. The van der Waals surface area contributed by atoms with Gasteiger partial charge in [-0.15, -0.1) is 0 Å². The summed E-state index contributed by atoms with van der Waals surface area (Å²) in [5.41, 5.74) is -1.47. The van der Waals surface area contributed by atoms with E-state index in [9.17, 15) is 26.7 Å². The van der Waals surface area contributed by atoms with Gasteiger partial charge in [0.05, 0.1) is 0 Å². The average Bonchev–Trinajstić information content (AvgIpc) is 2.85. The Bertz CT molecular complexity index is 762. The molecule has 0 amide bonds. The van der Waals surface area contributed by atoms with E-state index in [1.807, 2.05) is 20.8 Å². The van der Waals surface area contributed by atoms with Crippen molar-refractivity contribution >= 4 is 12.8 Å². The van der Waals surface area contributed by atoms with Gasteiger partial charge in [-0.05, 0) is 0 Å². The number of hydrogen-bond acceptors (Lipinski definition) is 2. The van der Waals surface area contributed by atoms with Crippen LogP contribution in [0, 0.1) is 29.1 Å². The first kappa shape index (κ1) is 31.8. The van der Waals surface area contributed by atoms with Crippen LogP contribution in [0.15, 0.2) is 0 Å². The van der Waals surface area contributed by atoms with Crippen LogP contribution in [0.4, 0.5) is 22.0 Å². The van der Waals surface area contributed by atoms with Gasteiger partial charge < -0.3 is 0 Å². The summed E-state index contributed by atoms with van der Waals surface area (Å²) in [6.07, 6.45) is 13.7. The van der Waals surface area contributed by atoms with Crippen molar-refractivity contribution in [2.45, 2.75) is 105 Å². The van der Waals surface area contributed by atoms with E-state index in [2.05, 4.69) is 6.92 Å². The van der Waals surface area contributed by atoms with Crippen LogP contribution in [-0.4, -0.2) is 30.6 Å². The quantitative estimate of drug-likeness (QED) is 0.0626. The fourth-order valence-corrected chi connectivity index (χ4v) is 11.5. The van der Waals surface area contributed by atoms with Crippen LogP contribution in [0.3, 0.4) is 0 Å². The minimum atomic E-state index is -3.35. The molecule has 204 valence electrons. The normalized spacial score (nSPS) is 13.0. The third-order valence-electron chi connectivity index (χ3n) is 7.06. The first-order valence-corrected chi connectivity index (χ1v) is 16.3. The third-order valence-corrected chi connectivity index (χ3v) is 13.5. The van der Waals surface area contributed by atoms with E-state index in [4.69, 9.17) is 4.52 Å². The molecule has 0 aromatic heterocycles. The second kappa shape index (κ2) is 15.1. The molecule has 2 nitrogen and oxygen atoms in total. The molecule has 0 bridgehead atoms. The minimum absolute atomic E-state index is 0.623.